The Morgan fingerprint density at radius 1 is 1.22 bits per heavy atom. The van der Waals surface area contributed by atoms with Crippen LogP contribution >= 0.6 is 11.8 Å². The first-order valence-electron chi connectivity index (χ1n) is 6.13. The molecule has 1 saturated carbocycles. The van der Waals surface area contributed by atoms with Gasteiger partial charge in [0.15, 0.2) is 0 Å². The van der Waals surface area contributed by atoms with Crippen LogP contribution in [0.25, 0.3) is 0 Å². The summed E-state index contributed by atoms with van der Waals surface area (Å²) in [5.74, 6) is -0.0706. The topological polar surface area (TPSA) is 89.9 Å². The maximum Gasteiger partial charge on any atom is 0.327 e. The number of carboxylic acid groups (broad SMARTS) is 1. The van der Waals surface area contributed by atoms with Crippen LogP contribution in [-0.4, -0.2) is 56.9 Å². The molecule has 1 atom stereocenters. The largest absolute Gasteiger partial charge is 0.480 e. The van der Waals surface area contributed by atoms with Gasteiger partial charge in [0.1, 0.15) is 6.04 Å². The van der Waals surface area contributed by atoms with Crippen molar-refractivity contribution in [2.75, 3.05) is 11.6 Å². The van der Waals surface area contributed by atoms with Crippen LogP contribution in [0.3, 0.4) is 0 Å². The molecule has 1 heterocycles. The lowest BCUT2D eigenvalue weighted by atomic mass is 9.93. The Bertz CT molecular complexity index is 331. The lowest BCUT2D eigenvalue weighted by Crippen LogP contribution is -2.50. The molecule has 0 bridgehead atoms. The van der Waals surface area contributed by atoms with E-state index >= 15 is 0 Å². The van der Waals surface area contributed by atoms with Crippen LogP contribution < -0.4 is 5.32 Å². The van der Waals surface area contributed by atoms with Crippen LogP contribution in [0.15, 0.2) is 0 Å². The van der Waals surface area contributed by atoms with Crippen LogP contribution in [0, 0.1) is 0 Å². The molecule has 2 amide bonds. The molecule has 2 rings (SSSR count). The monoisotopic (exact) mass is 274 g/mol. The third kappa shape index (κ3) is 3.08. The van der Waals surface area contributed by atoms with Gasteiger partial charge in [0.05, 0.1) is 12.0 Å². The number of aliphatic hydroxyl groups excluding tert-OH is 1. The number of hydrogen-bond acceptors (Lipinski definition) is 4. The zero-order valence-corrected chi connectivity index (χ0v) is 10.9. The van der Waals surface area contributed by atoms with E-state index in [1.54, 1.807) is 0 Å². The van der Waals surface area contributed by atoms with Gasteiger partial charge in [0.25, 0.3) is 0 Å². The van der Waals surface area contributed by atoms with Crippen molar-refractivity contribution in [1.82, 2.24) is 10.2 Å². The van der Waals surface area contributed by atoms with Gasteiger partial charge in [-0.1, -0.05) is 0 Å². The van der Waals surface area contributed by atoms with E-state index in [1.165, 1.54) is 16.7 Å². The van der Waals surface area contributed by atoms with E-state index in [-0.39, 0.29) is 18.2 Å². The number of aliphatic hydroxyl groups is 1. The Hall–Kier alpha value is -0.950. The zero-order valence-electron chi connectivity index (χ0n) is 10.0. The first-order chi connectivity index (χ1) is 8.58. The first kappa shape index (κ1) is 13.5. The lowest BCUT2D eigenvalue weighted by molar-refractivity contribution is -0.140. The lowest BCUT2D eigenvalue weighted by Gasteiger charge is -2.29. The minimum absolute atomic E-state index is 0.0564. The van der Waals surface area contributed by atoms with Crippen molar-refractivity contribution in [2.45, 2.75) is 43.9 Å². The second kappa shape index (κ2) is 5.79. The summed E-state index contributed by atoms with van der Waals surface area (Å²) in [6.45, 7) is 0. The summed E-state index contributed by atoms with van der Waals surface area (Å²) in [5.41, 5.74) is 0. The maximum absolute atomic E-state index is 12.0. The molecule has 0 aromatic carbocycles. The SMILES string of the molecule is O=C(O)C1CSCN1C(=O)NC1CCC(O)CC1. The number of aliphatic carboxylic acids is 1. The minimum Gasteiger partial charge on any atom is -0.480 e. The van der Waals surface area contributed by atoms with Crippen molar-refractivity contribution in [3.8, 4) is 0 Å². The van der Waals surface area contributed by atoms with E-state index in [0.717, 1.165) is 12.8 Å². The van der Waals surface area contributed by atoms with Gasteiger partial charge in [-0.2, -0.15) is 0 Å². The molecule has 2 fully saturated rings. The molecule has 1 aliphatic carbocycles. The van der Waals surface area contributed by atoms with Crippen molar-refractivity contribution in [2.24, 2.45) is 0 Å². The van der Waals surface area contributed by atoms with Crippen LogP contribution in [0.2, 0.25) is 0 Å². The molecule has 0 aromatic rings. The minimum atomic E-state index is -0.950. The molecule has 1 aliphatic heterocycles. The van der Waals surface area contributed by atoms with E-state index in [2.05, 4.69) is 5.32 Å². The molecule has 1 unspecified atom stereocenters. The number of thioether (sulfide) groups is 1. The Morgan fingerprint density at radius 3 is 2.50 bits per heavy atom. The highest BCUT2D eigenvalue weighted by atomic mass is 32.2. The van der Waals surface area contributed by atoms with Crippen molar-refractivity contribution in [3.05, 3.63) is 0 Å². The average molecular weight is 274 g/mol. The molecule has 0 radical (unpaired) electrons. The van der Waals surface area contributed by atoms with E-state index in [1.807, 2.05) is 0 Å². The molecule has 3 N–H and O–H groups in total. The third-order valence-corrected chi connectivity index (χ3v) is 4.46. The van der Waals surface area contributed by atoms with Crippen molar-refractivity contribution >= 4 is 23.8 Å². The number of nitrogens with zero attached hydrogens (tertiary/aromatic N) is 1. The average Bonchev–Trinajstić information content (AvgIpc) is 2.81. The first-order valence-corrected chi connectivity index (χ1v) is 7.29. The summed E-state index contributed by atoms with van der Waals surface area (Å²) >= 11 is 1.45. The molecule has 0 spiro atoms. The van der Waals surface area contributed by atoms with Gasteiger partial charge in [-0.05, 0) is 25.7 Å². The van der Waals surface area contributed by atoms with Crippen LogP contribution in [0.1, 0.15) is 25.7 Å². The Kier molecular flexibility index (Phi) is 4.34. The van der Waals surface area contributed by atoms with Crippen LogP contribution in [0.4, 0.5) is 4.79 Å². The van der Waals surface area contributed by atoms with Crippen LogP contribution in [0.5, 0.6) is 0 Å². The van der Waals surface area contributed by atoms with Gasteiger partial charge in [0, 0.05) is 11.8 Å². The molecule has 7 heteroatoms. The van der Waals surface area contributed by atoms with E-state index < -0.39 is 12.0 Å². The highest BCUT2D eigenvalue weighted by Gasteiger charge is 2.35. The fraction of sp³-hybridized carbons (Fsp3) is 0.818. The summed E-state index contributed by atoms with van der Waals surface area (Å²) < 4.78 is 0. The molecular weight excluding hydrogens is 256 g/mol. The van der Waals surface area contributed by atoms with Gasteiger partial charge in [0.2, 0.25) is 0 Å². The molecule has 18 heavy (non-hydrogen) atoms. The molecule has 0 aromatic heterocycles. The molecule has 2 aliphatic rings. The number of nitrogens with one attached hydrogen (secondary N) is 1. The smallest absolute Gasteiger partial charge is 0.327 e. The Balaban J connectivity index is 1.86. The van der Waals surface area contributed by atoms with E-state index in [0.29, 0.717) is 24.5 Å². The Labute approximate surface area is 110 Å². The highest BCUT2D eigenvalue weighted by Crippen LogP contribution is 2.23. The highest BCUT2D eigenvalue weighted by molar-refractivity contribution is 7.99. The molecular formula is C11H18N2O4S. The molecule has 102 valence electrons. The second-order valence-corrected chi connectivity index (χ2v) is 5.78. The zero-order chi connectivity index (χ0) is 13.1. The number of amides is 2. The van der Waals surface area contributed by atoms with E-state index in [9.17, 15) is 14.7 Å². The standard InChI is InChI=1S/C11H18N2O4S/c14-8-3-1-7(2-4-8)12-11(17)13-6-18-5-9(13)10(15)16/h7-9,14H,1-6H2,(H,12,17)(H,15,16). The fourth-order valence-electron chi connectivity index (χ4n) is 2.33. The summed E-state index contributed by atoms with van der Waals surface area (Å²) in [5, 5.41) is 21.3. The van der Waals surface area contributed by atoms with Crippen molar-refractivity contribution in [1.29, 1.82) is 0 Å². The normalized spacial score (nSPS) is 32.3. The summed E-state index contributed by atoms with van der Waals surface area (Å²) in [6.07, 6.45) is 2.65. The van der Waals surface area contributed by atoms with Crippen molar-refractivity contribution < 1.29 is 19.8 Å². The van der Waals surface area contributed by atoms with Gasteiger partial charge < -0.3 is 20.4 Å². The molecule has 6 nitrogen and oxygen atoms in total. The second-order valence-electron chi connectivity index (χ2n) is 4.78. The maximum atomic E-state index is 12.0. The van der Waals surface area contributed by atoms with Gasteiger partial charge in [-0.3, -0.25) is 0 Å². The summed E-state index contributed by atoms with van der Waals surface area (Å²) in [7, 11) is 0. The number of urea groups is 1. The predicted octanol–water partition coefficient (Wildman–Crippen LogP) is 0.459. The molecule has 1 saturated heterocycles. The van der Waals surface area contributed by atoms with Gasteiger partial charge in [-0.15, -0.1) is 11.8 Å². The van der Waals surface area contributed by atoms with E-state index in [4.69, 9.17) is 5.11 Å². The van der Waals surface area contributed by atoms with Crippen LogP contribution in [-0.2, 0) is 4.79 Å². The number of carboxylic acids is 1. The number of rotatable bonds is 2. The number of hydrogen-bond donors (Lipinski definition) is 3. The summed E-state index contributed by atoms with van der Waals surface area (Å²) in [6, 6.07) is -0.959. The Morgan fingerprint density at radius 2 is 1.89 bits per heavy atom. The number of carbonyl (C=O) groups excluding carboxylic acids is 1. The predicted molar refractivity (Wildman–Crippen MR) is 67.4 cm³/mol. The van der Waals surface area contributed by atoms with Gasteiger partial charge >= 0.3 is 12.0 Å². The third-order valence-electron chi connectivity index (χ3n) is 3.45. The number of carbonyl (C=O) groups is 2. The quantitative estimate of drug-likeness (QED) is 0.680. The summed E-state index contributed by atoms with van der Waals surface area (Å²) in [4.78, 5) is 24.3. The van der Waals surface area contributed by atoms with Crippen molar-refractivity contribution in [3.63, 3.8) is 0 Å². The van der Waals surface area contributed by atoms with Gasteiger partial charge in [-0.25, -0.2) is 9.59 Å². The fourth-order valence-corrected chi connectivity index (χ4v) is 3.47.